The first kappa shape index (κ1) is 59.1. The number of halogens is 2. The van der Waals surface area contributed by atoms with Crippen molar-refractivity contribution in [3.63, 3.8) is 0 Å². The van der Waals surface area contributed by atoms with Crippen molar-refractivity contribution in [1.82, 2.24) is 9.13 Å². The molecular weight excluding hydrogens is 1210 g/mol. The summed E-state index contributed by atoms with van der Waals surface area (Å²) in [5.41, 5.74) is 20.0. The Labute approximate surface area is 559 Å². The largest absolute Gasteiger partial charge is 0.456 e. The number of hydrogen-bond donors (Lipinski definition) is 1. The predicted octanol–water partition coefficient (Wildman–Crippen LogP) is 26.0. The summed E-state index contributed by atoms with van der Waals surface area (Å²) in [6, 6.07) is 91.8. The average Bonchev–Trinajstić information content (AvgIpc) is 1.59. The highest BCUT2D eigenvalue weighted by atomic mass is 35.5. The Morgan fingerprint density at radius 3 is 1.34 bits per heavy atom. The molecule has 0 radical (unpaired) electrons. The standard InChI is InChI=1S/C42H31ClN2O2.C22H21NO.C21H14ClNO/c1-42(2,3)26-12-10-13-28(22-26)44(35-18-11-21-38-40(35)33-16-6-8-19-36(33)46-38)29-23-27(43)24-30(25-29)45-34-17-7-4-14-31(34)39-32-15-5-9-20-37(32)47-41(39)45;1-22(2,3)15-8-6-9-16(14-15)23-18-11-7-13-20-21(18)17-10-4-5-12-19(17)24-20;1-13-10-14(22)12-15(11-13)23-18-8-4-2-6-16(18)20-17-7-3-5-9-19(17)24-21(20)23/h4-25H,1-3H3;4-14,23H,1-3H3;2-12H,1H3. The lowest BCUT2D eigenvalue weighted by Gasteiger charge is -2.29. The minimum atomic E-state index is -0.0352. The predicted molar refractivity (Wildman–Crippen MR) is 399 cm³/mol. The van der Waals surface area contributed by atoms with Crippen LogP contribution in [0.25, 0.3) is 121 Å². The van der Waals surface area contributed by atoms with E-state index in [-0.39, 0.29) is 10.8 Å². The Balaban J connectivity index is 0.000000124. The Kier molecular flexibility index (Phi) is 14.5. The van der Waals surface area contributed by atoms with Gasteiger partial charge in [0.25, 0.3) is 0 Å². The molecule has 12 aromatic carbocycles. The maximum atomic E-state index is 7.07. The van der Waals surface area contributed by atoms with Gasteiger partial charge in [-0.2, -0.15) is 0 Å². The molecule has 1 N–H and O–H groups in total. The summed E-state index contributed by atoms with van der Waals surface area (Å²) in [7, 11) is 0. The number of fused-ring (bicyclic) bond motifs is 16. The van der Waals surface area contributed by atoms with Crippen LogP contribution in [0.5, 0.6) is 0 Å². The second kappa shape index (κ2) is 23.3. The van der Waals surface area contributed by atoms with E-state index in [0.717, 1.165) is 155 Å². The third-order valence-electron chi connectivity index (χ3n) is 18.1. The van der Waals surface area contributed by atoms with Gasteiger partial charge < -0.3 is 27.9 Å². The molecule has 18 rings (SSSR count). The quantitative estimate of drug-likeness (QED) is 0.171. The summed E-state index contributed by atoms with van der Waals surface area (Å²) >= 11 is 13.4. The van der Waals surface area contributed by atoms with Crippen LogP contribution in [0.1, 0.15) is 58.2 Å². The first-order valence-electron chi connectivity index (χ1n) is 32.1. The van der Waals surface area contributed by atoms with Crippen LogP contribution in [-0.4, -0.2) is 9.13 Å². The second-order valence-corrected chi connectivity index (χ2v) is 27.4. The highest BCUT2D eigenvalue weighted by molar-refractivity contribution is 6.31. The van der Waals surface area contributed by atoms with Gasteiger partial charge in [0.1, 0.15) is 33.5 Å². The Morgan fingerprint density at radius 2 is 0.779 bits per heavy atom. The van der Waals surface area contributed by atoms with E-state index in [9.17, 15) is 0 Å². The highest BCUT2D eigenvalue weighted by Crippen LogP contribution is 2.47. The van der Waals surface area contributed by atoms with Gasteiger partial charge in [-0.25, -0.2) is 0 Å². The summed E-state index contributed by atoms with van der Waals surface area (Å²) in [6.45, 7) is 15.5. The topological polar surface area (TPSA) is 77.7 Å². The van der Waals surface area contributed by atoms with Gasteiger partial charge in [0.2, 0.25) is 11.4 Å². The molecule has 0 saturated carbocycles. The van der Waals surface area contributed by atoms with E-state index in [1.54, 1.807) is 0 Å². The van der Waals surface area contributed by atoms with Crippen molar-refractivity contribution >= 4 is 161 Å². The van der Waals surface area contributed by atoms with Crippen molar-refractivity contribution in [1.29, 1.82) is 0 Å². The van der Waals surface area contributed by atoms with E-state index in [1.165, 1.54) is 16.5 Å². The Bertz CT molecular complexity index is 5980. The van der Waals surface area contributed by atoms with E-state index in [4.69, 9.17) is 40.9 Å². The SMILES string of the molecule is CC(C)(C)c1cccc(N(c2cc(Cl)cc(-n3c4ccccc4c4c5ccccc5oc43)c2)c2cccc3oc4ccccc4c23)c1.CC(C)(C)c1cccc(Nc2cccc3oc4ccccc4c23)c1.Cc1cc(Cl)cc(-n2c3ccccc3c3c4ccccc4oc32)c1. The molecule has 18 aromatic rings. The van der Waals surface area contributed by atoms with Gasteiger partial charge in [-0.3, -0.25) is 9.13 Å². The molecule has 0 spiro atoms. The summed E-state index contributed by atoms with van der Waals surface area (Å²) < 4.78 is 29.5. The summed E-state index contributed by atoms with van der Waals surface area (Å²) in [5, 5.41) is 16.1. The lowest BCUT2D eigenvalue weighted by molar-refractivity contribution is 0.590. The van der Waals surface area contributed by atoms with Crippen LogP contribution in [0, 0.1) is 6.92 Å². The van der Waals surface area contributed by atoms with Crippen molar-refractivity contribution in [3.8, 4) is 11.4 Å². The van der Waals surface area contributed by atoms with E-state index < -0.39 is 0 Å². The number of anilines is 5. The maximum Gasteiger partial charge on any atom is 0.213 e. The van der Waals surface area contributed by atoms with Crippen molar-refractivity contribution in [2.75, 3.05) is 10.2 Å². The lowest BCUT2D eigenvalue weighted by Crippen LogP contribution is -2.15. The number of hydrogen-bond acceptors (Lipinski definition) is 6. The minimum absolute atomic E-state index is 0.0352. The van der Waals surface area contributed by atoms with E-state index in [0.29, 0.717) is 5.02 Å². The van der Waals surface area contributed by atoms with Crippen LogP contribution >= 0.6 is 23.2 Å². The number of rotatable bonds is 7. The zero-order valence-electron chi connectivity index (χ0n) is 53.6. The molecular formula is C85H66Cl2N4O4. The van der Waals surface area contributed by atoms with Crippen LogP contribution in [0.15, 0.2) is 285 Å². The average molecular weight is 1280 g/mol. The van der Waals surface area contributed by atoms with E-state index in [2.05, 4.69) is 232 Å². The number of para-hydroxylation sites is 6. The van der Waals surface area contributed by atoms with Gasteiger partial charge in [-0.05, 0) is 156 Å². The number of nitrogens with one attached hydrogen (secondary N) is 1. The molecule has 8 nitrogen and oxygen atoms in total. The van der Waals surface area contributed by atoms with Gasteiger partial charge in [-0.1, -0.05) is 210 Å². The summed E-state index contributed by atoms with van der Waals surface area (Å²) in [6.07, 6.45) is 0. The zero-order valence-corrected chi connectivity index (χ0v) is 55.1. The first-order valence-corrected chi connectivity index (χ1v) is 32.8. The number of benzene rings is 12. The molecule has 0 aliphatic rings. The van der Waals surface area contributed by atoms with Crippen LogP contribution < -0.4 is 10.2 Å². The van der Waals surface area contributed by atoms with Gasteiger partial charge >= 0.3 is 0 Å². The first-order chi connectivity index (χ1) is 46.1. The molecule has 6 heterocycles. The summed E-state index contributed by atoms with van der Waals surface area (Å²) in [4.78, 5) is 2.30. The molecule has 95 heavy (non-hydrogen) atoms. The lowest BCUT2D eigenvalue weighted by atomic mass is 9.87. The van der Waals surface area contributed by atoms with Crippen LogP contribution in [-0.2, 0) is 10.8 Å². The van der Waals surface area contributed by atoms with Crippen molar-refractivity contribution < 1.29 is 17.7 Å². The van der Waals surface area contributed by atoms with Crippen LogP contribution in [0.4, 0.5) is 28.4 Å². The number of aryl methyl sites for hydroxylation is 1. The molecule has 0 aliphatic carbocycles. The van der Waals surface area contributed by atoms with Crippen molar-refractivity contribution in [2.24, 2.45) is 0 Å². The van der Waals surface area contributed by atoms with Gasteiger partial charge in [0.05, 0.1) is 55.3 Å². The normalized spacial score (nSPS) is 12.1. The van der Waals surface area contributed by atoms with Crippen molar-refractivity contribution in [3.05, 3.63) is 294 Å². The fraction of sp³-hybridized carbons (Fsp3) is 0.106. The molecule has 0 atom stereocenters. The van der Waals surface area contributed by atoms with Gasteiger partial charge in [0.15, 0.2) is 0 Å². The molecule has 10 heteroatoms. The van der Waals surface area contributed by atoms with Crippen LogP contribution in [0.3, 0.4) is 0 Å². The molecule has 0 unspecified atom stereocenters. The zero-order chi connectivity index (χ0) is 64.9. The molecule has 0 saturated heterocycles. The molecule has 464 valence electrons. The number of aromatic nitrogens is 2. The van der Waals surface area contributed by atoms with Crippen molar-refractivity contribution in [2.45, 2.75) is 59.3 Å². The van der Waals surface area contributed by atoms with Gasteiger partial charge in [-0.15, -0.1) is 0 Å². The summed E-state index contributed by atoms with van der Waals surface area (Å²) in [5.74, 6) is 0. The Morgan fingerprint density at radius 1 is 0.347 bits per heavy atom. The minimum Gasteiger partial charge on any atom is -0.456 e. The smallest absolute Gasteiger partial charge is 0.213 e. The highest BCUT2D eigenvalue weighted by Gasteiger charge is 2.26. The van der Waals surface area contributed by atoms with Gasteiger partial charge in [0, 0.05) is 59.4 Å². The Hall–Kier alpha value is -10.9. The monoisotopic (exact) mass is 1280 g/mol. The third-order valence-corrected chi connectivity index (χ3v) is 18.5. The molecule has 0 fully saturated rings. The molecule has 0 bridgehead atoms. The maximum absolute atomic E-state index is 7.07. The number of furan rings is 4. The van der Waals surface area contributed by atoms with E-state index >= 15 is 0 Å². The molecule has 0 aliphatic heterocycles. The van der Waals surface area contributed by atoms with Crippen LogP contribution in [0.2, 0.25) is 10.0 Å². The molecule has 0 amide bonds. The third kappa shape index (κ3) is 10.6. The fourth-order valence-electron chi connectivity index (χ4n) is 13.6. The second-order valence-electron chi connectivity index (χ2n) is 26.5. The molecule has 6 aromatic heterocycles. The fourth-order valence-corrected chi connectivity index (χ4v) is 14.1. The number of nitrogens with zero attached hydrogens (tertiary/aromatic N) is 3. The van der Waals surface area contributed by atoms with E-state index in [1.807, 2.05) is 103 Å².